The molecule has 5 nitrogen and oxygen atoms in total. The highest BCUT2D eigenvalue weighted by Gasteiger charge is 2.26. The van der Waals surface area contributed by atoms with Crippen LogP contribution in [0.25, 0.3) is 10.1 Å². The van der Waals surface area contributed by atoms with Crippen LogP contribution in [0.3, 0.4) is 0 Å². The summed E-state index contributed by atoms with van der Waals surface area (Å²) in [5, 5.41) is 0.800. The van der Waals surface area contributed by atoms with Crippen LogP contribution in [0.2, 0.25) is 0 Å². The molecule has 0 saturated carbocycles. The van der Waals surface area contributed by atoms with E-state index in [9.17, 15) is 9.59 Å². The zero-order valence-corrected chi connectivity index (χ0v) is 12.4. The number of rotatable bonds is 2. The van der Waals surface area contributed by atoms with Crippen LogP contribution in [0.1, 0.15) is 16.6 Å². The van der Waals surface area contributed by atoms with Crippen molar-refractivity contribution in [1.82, 2.24) is 4.90 Å². The standard InChI is InChI=1S/C15H15NO4S/c1-10(17)20-13-11-4-2-3-5-12(11)21-14(13)15(18)16-6-8-19-9-7-16/h2-5H,6-9H2,1H3. The largest absolute Gasteiger partial charge is 0.424 e. The van der Waals surface area contributed by atoms with Gasteiger partial charge in [0.05, 0.1) is 13.2 Å². The van der Waals surface area contributed by atoms with E-state index in [4.69, 9.17) is 9.47 Å². The van der Waals surface area contributed by atoms with Gasteiger partial charge in [-0.1, -0.05) is 12.1 Å². The molecule has 0 unspecified atom stereocenters. The predicted octanol–water partition coefficient (Wildman–Crippen LogP) is 2.30. The Balaban J connectivity index is 2.03. The Kier molecular flexibility index (Phi) is 3.90. The van der Waals surface area contributed by atoms with E-state index < -0.39 is 5.97 Å². The van der Waals surface area contributed by atoms with E-state index in [1.54, 1.807) is 4.90 Å². The first-order chi connectivity index (χ1) is 10.2. The van der Waals surface area contributed by atoms with Crippen LogP contribution >= 0.6 is 11.3 Å². The molecule has 1 amide bonds. The minimum Gasteiger partial charge on any atom is -0.424 e. The number of amides is 1. The normalized spacial score (nSPS) is 15.2. The van der Waals surface area contributed by atoms with Crippen molar-refractivity contribution >= 4 is 33.3 Å². The van der Waals surface area contributed by atoms with E-state index in [1.807, 2.05) is 24.3 Å². The number of carbonyl (C=O) groups excluding carboxylic acids is 2. The quantitative estimate of drug-likeness (QED) is 0.799. The highest BCUT2D eigenvalue weighted by atomic mass is 32.1. The van der Waals surface area contributed by atoms with Crippen LogP contribution in [-0.4, -0.2) is 43.1 Å². The molecule has 1 aliphatic heterocycles. The lowest BCUT2D eigenvalue weighted by molar-refractivity contribution is -0.131. The minimum atomic E-state index is -0.422. The van der Waals surface area contributed by atoms with Crippen LogP contribution in [0, 0.1) is 0 Å². The third-order valence-corrected chi connectivity index (χ3v) is 4.43. The summed E-state index contributed by atoms with van der Waals surface area (Å²) in [4.78, 5) is 26.2. The number of ether oxygens (including phenoxy) is 2. The van der Waals surface area contributed by atoms with E-state index in [0.717, 1.165) is 10.1 Å². The highest BCUT2D eigenvalue weighted by Crippen LogP contribution is 2.38. The van der Waals surface area contributed by atoms with Crippen molar-refractivity contribution in [2.75, 3.05) is 26.3 Å². The van der Waals surface area contributed by atoms with Crippen molar-refractivity contribution in [1.29, 1.82) is 0 Å². The maximum atomic E-state index is 12.7. The van der Waals surface area contributed by atoms with Crippen molar-refractivity contribution in [3.05, 3.63) is 29.1 Å². The number of nitrogens with zero attached hydrogens (tertiary/aromatic N) is 1. The van der Waals surface area contributed by atoms with Gasteiger partial charge in [0.15, 0.2) is 5.75 Å². The van der Waals surface area contributed by atoms with E-state index in [2.05, 4.69) is 0 Å². The lowest BCUT2D eigenvalue weighted by atomic mass is 10.2. The van der Waals surface area contributed by atoms with Crippen molar-refractivity contribution in [3.63, 3.8) is 0 Å². The summed E-state index contributed by atoms with van der Waals surface area (Å²) in [5.74, 6) is -0.148. The van der Waals surface area contributed by atoms with E-state index in [-0.39, 0.29) is 5.91 Å². The zero-order valence-electron chi connectivity index (χ0n) is 11.6. The summed E-state index contributed by atoms with van der Waals surface area (Å²) >= 11 is 1.36. The number of benzene rings is 1. The smallest absolute Gasteiger partial charge is 0.308 e. The second kappa shape index (κ2) is 5.83. The molecule has 6 heteroatoms. The molecule has 21 heavy (non-hydrogen) atoms. The molecule has 3 rings (SSSR count). The fraction of sp³-hybridized carbons (Fsp3) is 0.333. The second-order valence-electron chi connectivity index (χ2n) is 4.75. The average molecular weight is 305 g/mol. The zero-order chi connectivity index (χ0) is 14.8. The van der Waals surface area contributed by atoms with Crippen molar-refractivity contribution < 1.29 is 19.1 Å². The molecule has 0 spiro atoms. The molecule has 2 heterocycles. The van der Waals surface area contributed by atoms with Gasteiger partial charge in [-0.3, -0.25) is 9.59 Å². The molecule has 1 aliphatic rings. The Morgan fingerprint density at radius 1 is 1.24 bits per heavy atom. The predicted molar refractivity (Wildman–Crippen MR) is 79.9 cm³/mol. The van der Waals surface area contributed by atoms with Crippen LogP contribution < -0.4 is 4.74 Å². The van der Waals surface area contributed by atoms with Crippen LogP contribution in [0.5, 0.6) is 5.75 Å². The Morgan fingerprint density at radius 2 is 1.95 bits per heavy atom. The summed E-state index contributed by atoms with van der Waals surface area (Å²) in [6.45, 7) is 3.55. The molecule has 0 N–H and O–H groups in total. The van der Waals surface area contributed by atoms with E-state index in [1.165, 1.54) is 18.3 Å². The molecule has 0 aliphatic carbocycles. The molecule has 1 aromatic heterocycles. The fourth-order valence-electron chi connectivity index (χ4n) is 2.32. The molecule has 2 aromatic rings. The maximum absolute atomic E-state index is 12.7. The van der Waals surface area contributed by atoms with Gasteiger partial charge in [0, 0.05) is 30.1 Å². The number of carbonyl (C=O) groups is 2. The van der Waals surface area contributed by atoms with Gasteiger partial charge in [-0.2, -0.15) is 0 Å². The first-order valence-corrected chi connectivity index (χ1v) is 7.55. The third kappa shape index (κ3) is 2.77. The Bertz CT molecular complexity index is 688. The van der Waals surface area contributed by atoms with Gasteiger partial charge < -0.3 is 14.4 Å². The minimum absolute atomic E-state index is 0.101. The van der Waals surface area contributed by atoms with Crippen LogP contribution in [-0.2, 0) is 9.53 Å². The van der Waals surface area contributed by atoms with Gasteiger partial charge >= 0.3 is 5.97 Å². The number of hydrogen-bond donors (Lipinski definition) is 0. The molecule has 0 radical (unpaired) electrons. The van der Waals surface area contributed by atoms with E-state index >= 15 is 0 Å². The van der Waals surface area contributed by atoms with Crippen molar-refractivity contribution in [2.24, 2.45) is 0 Å². The van der Waals surface area contributed by atoms with Gasteiger partial charge in [0.1, 0.15) is 4.88 Å². The van der Waals surface area contributed by atoms with Crippen molar-refractivity contribution in [3.8, 4) is 5.75 Å². The van der Waals surface area contributed by atoms with Gasteiger partial charge in [0.2, 0.25) is 0 Å². The highest BCUT2D eigenvalue weighted by molar-refractivity contribution is 7.21. The van der Waals surface area contributed by atoms with Crippen LogP contribution in [0.15, 0.2) is 24.3 Å². The summed E-state index contributed by atoms with van der Waals surface area (Å²) < 4.78 is 11.5. The Labute approximate surface area is 126 Å². The molecule has 110 valence electrons. The van der Waals surface area contributed by atoms with E-state index in [0.29, 0.717) is 36.9 Å². The van der Waals surface area contributed by atoms with Crippen molar-refractivity contribution in [2.45, 2.75) is 6.92 Å². The summed E-state index contributed by atoms with van der Waals surface area (Å²) in [6.07, 6.45) is 0. The lowest BCUT2D eigenvalue weighted by Crippen LogP contribution is -2.40. The number of thiophene rings is 1. The average Bonchev–Trinajstić information content (AvgIpc) is 2.86. The number of fused-ring (bicyclic) bond motifs is 1. The molecular weight excluding hydrogens is 290 g/mol. The summed E-state index contributed by atoms with van der Waals surface area (Å²) in [5.41, 5.74) is 0. The van der Waals surface area contributed by atoms with Crippen LogP contribution in [0.4, 0.5) is 0 Å². The SMILES string of the molecule is CC(=O)Oc1c(C(=O)N2CCOCC2)sc2ccccc12. The van der Waals surface area contributed by atoms with Gasteiger partial charge in [-0.15, -0.1) is 11.3 Å². The number of esters is 1. The first kappa shape index (κ1) is 14.0. The molecule has 0 bridgehead atoms. The Morgan fingerprint density at radius 3 is 2.67 bits per heavy atom. The second-order valence-corrected chi connectivity index (χ2v) is 5.81. The summed E-state index contributed by atoms with van der Waals surface area (Å²) in [7, 11) is 0. The number of morpholine rings is 1. The molecule has 1 aromatic carbocycles. The topological polar surface area (TPSA) is 55.8 Å². The lowest BCUT2D eigenvalue weighted by Gasteiger charge is -2.26. The number of hydrogen-bond acceptors (Lipinski definition) is 5. The maximum Gasteiger partial charge on any atom is 0.308 e. The molecule has 1 fully saturated rings. The Hall–Kier alpha value is -1.92. The monoisotopic (exact) mass is 305 g/mol. The third-order valence-electron chi connectivity index (χ3n) is 3.29. The summed E-state index contributed by atoms with van der Waals surface area (Å²) in [6, 6.07) is 7.55. The molecule has 1 saturated heterocycles. The fourth-order valence-corrected chi connectivity index (χ4v) is 3.42. The van der Waals surface area contributed by atoms with Gasteiger partial charge in [-0.05, 0) is 12.1 Å². The molecule has 0 atom stereocenters. The van der Waals surface area contributed by atoms with Gasteiger partial charge in [0.25, 0.3) is 5.91 Å². The molecular formula is C15H15NO4S. The van der Waals surface area contributed by atoms with Gasteiger partial charge in [-0.25, -0.2) is 0 Å². The first-order valence-electron chi connectivity index (χ1n) is 6.74.